The predicted octanol–water partition coefficient (Wildman–Crippen LogP) is 0.765. The number of Topliss-reactive ketones (excluding diaryl/α,β-unsaturated/α-hetero) is 1. The lowest BCUT2D eigenvalue weighted by Crippen LogP contribution is -2.57. The number of allylic oxidation sites excluding steroid dienone is 1. The Balaban J connectivity index is 1.93. The van der Waals surface area contributed by atoms with Gasteiger partial charge in [-0.25, -0.2) is 4.79 Å². The van der Waals surface area contributed by atoms with Crippen molar-refractivity contribution in [3.63, 3.8) is 0 Å². The number of hydrogen-bond acceptors (Lipinski definition) is 12. The SMILES string of the molecule is C=Cc1[nH]cc(CC(CC(=O)NCC(N)=O)CC(=O)C(CC(=O)O)NC(=O)C(Cc2ccncc2)NC(=O)C(Cc2ccc(OCC(=O)O)cc2)NC(=O)CSCCN)c1/C=C\C. The number of aromatic nitrogens is 2. The van der Waals surface area contributed by atoms with Crippen LogP contribution in [0.25, 0.3) is 12.2 Å². The van der Waals surface area contributed by atoms with Crippen LogP contribution in [0.3, 0.4) is 0 Å². The quantitative estimate of drug-likeness (QED) is 0.0435. The van der Waals surface area contributed by atoms with E-state index >= 15 is 0 Å². The van der Waals surface area contributed by atoms with Gasteiger partial charge >= 0.3 is 11.9 Å². The van der Waals surface area contributed by atoms with Gasteiger partial charge < -0.3 is 52.7 Å². The largest absolute Gasteiger partial charge is 0.482 e. The van der Waals surface area contributed by atoms with Crippen molar-refractivity contribution >= 4 is 71.2 Å². The fourth-order valence-corrected chi connectivity index (χ4v) is 6.97. The molecule has 0 saturated carbocycles. The number of primary amides is 1. The van der Waals surface area contributed by atoms with E-state index in [0.717, 1.165) is 11.1 Å². The second-order valence-corrected chi connectivity index (χ2v) is 15.4. The number of rotatable bonds is 29. The number of aromatic amines is 1. The van der Waals surface area contributed by atoms with E-state index in [-0.39, 0.29) is 43.6 Å². The maximum absolute atomic E-state index is 14.2. The molecule has 19 nitrogen and oxygen atoms in total. The number of amides is 5. The molecule has 0 radical (unpaired) electrons. The Kier molecular flexibility index (Phi) is 21.3. The smallest absolute Gasteiger partial charge is 0.341 e. The number of carboxylic acids is 2. The first-order chi connectivity index (χ1) is 30.1. The van der Waals surface area contributed by atoms with Gasteiger partial charge in [0.1, 0.15) is 17.8 Å². The minimum absolute atomic E-state index is 0.0211. The number of carbonyl (C=O) groups is 8. The van der Waals surface area contributed by atoms with E-state index in [0.29, 0.717) is 29.1 Å². The molecule has 2 heterocycles. The van der Waals surface area contributed by atoms with Crippen LogP contribution in [0.5, 0.6) is 5.75 Å². The number of pyridine rings is 1. The topological polar surface area (TPSA) is 315 Å². The second-order valence-electron chi connectivity index (χ2n) is 14.3. The Morgan fingerprint density at radius 1 is 0.841 bits per heavy atom. The number of nitrogens with one attached hydrogen (secondary N) is 5. The minimum Gasteiger partial charge on any atom is -0.482 e. The lowest BCUT2D eigenvalue weighted by molar-refractivity contribution is -0.141. The maximum atomic E-state index is 14.2. The van der Waals surface area contributed by atoms with Gasteiger partial charge in [0.2, 0.25) is 29.5 Å². The molecule has 0 aliphatic rings. The number of thioether (sulfide) groups is 1. The van der Waals surface area contributed by atoms with Gasteiger partial charge in [0.15, 0.2) is 12.4 Å². The summed E-state index contributed by atoms with van der Waals surface area (Å²) in [6, 6.07) is 5.12. The molecule has 4 unspecified atom stereocenters. The van der Waals surface area contributed by atoms with E-state index in [9.17, 15) is 43.5 Å². The standard InChI is InChI=1S/C43H54N8O11S/c1-3-5-31-29(22-47-32(31)4-2)16-28(20-38(54)48-23-37(45)53)19-36(52)33(21-40(56)57)50-43(61)35(18-27-10-13-46-14-11-27)51-42(60)34(49-39(55)25-63-15-12-44)17-26-6-8-30(9-7-26)62-24-41(58)59/h3-11,13-14,22,28,33-35,47H,2,12,15-21,23-25,44H2,1H3,(H2,45,53)(H,48,54)(H,49,55)(H,50,61)(H,51,60)(H,56,57)(H,58,59)/b5-3-. The van der Waals surface area contributed by atoms with Gasteiger partial charge in [0.05, 0.1) is 24.8 Å². The third kappa shape index (κ3) is 18.4. The highest BCUT2D eigenvalue weighted by Gasteiger charge is 2.33. The molecule has 0 fully saturated rings. The van der Waals surface area contributed by atoms with Gasteiger partial charge in [0.25, 0.3) is 0 Å². The first kappa shape index (κ1) is 50.6. The molecule has 20 heteroatoms. The van der Waals surface area contributed by atoms with Crippen LogP contribution in [-0.2, 0) is 57.6 Å². The molecule has 0 aliphatic carbocycles. The number of nitrogens with two attached hydrogens (primary N) is 2. The van der Waals surface area contributed by atoms with Crippen LogP contribution in [0.15, 0.2) is 67.6 Å². The number of H-pyrrole nitrogens is 1. The van der Waals surface area contributed by atoms with Crippen LogP contribution in [0.2, 0.25) is 0 Å². The average Bonchev–Trinajstić information content (AvgIpc) is 3.62. The summed E-state index contributed by atoms with van der Waals surface area (Å²) in [5, 5.41) is 29.1. The highest BCUT2D eigenvalue weighted by molar-refractivity contribution is 7.99. The highest BCUT2D eigenvalue weighted by Crippen LogP contribution is 2.25. The maximum Gasteiger partial charge on any atom is 0.341 e. The molecule has 3 rings (SSSR count). The molecule has 11 N–H and O–H groups in total. The average molecular weight is 891 g/mol. The first-order valence-electron chi connectivity index (χ1n) is 19.9. The number of benzene rings is 1. The predicted molar refractivity (Wildman–Crippen MR) is 235 cm³/mol. The van der Waals surface area contributed by atoms with E-state index in [1.54, 1.807) is 42.6 Å². The Hall–Kier alpha value is -6.80. The van der Waals surface area contributed by atoms with Crippen LogP contribution in [-0.4, -0.2) is 117 Å². The molecule has 3 aromatic rings. The van der Waals surface area contributed by atoms with Gasteiger partial charge in [0, 0.05) is 67.8 Å². The van der Waals surface area contributed by atoms with Crippen molar-refractivity contribution in [1.82, 2.24) is 31.2 Å². The van der Waals surface area contributed by atoms with Crippen molar-refractivity contribution < 1.29 is 53.3 Å². The van der Waals surface area contributed by atoms with E-state index in [4.69, 9.17) is 21.3 Å². The van der Waals surface area contributed by atoms with Crippen molar-refractivity contribution in [3.05, 3.63) is 95.6 Å². The highest BCUT2D eigenvalue weighted by atomic mass is 32.2. The van der Waals surface area contributed by atoms with Crippen molar-refractivity contribution in [2.24, 2.45) is 17.4 Å². The molecule has 2 aromatic heterocycles. The van der Waals surface area contributed by atoms with Gasteiger partial charge in [-0.05, 0) is 66.3 Å². The Bertz CT molecular complexity index is 2090. The van der Waals surface area contributed by atoms with Crippen LogP contribution in [0, 0.1) is 5.92 Å². The Morgan fingerprint density at radius 2 is 1.48 bits per heavy atom. The Labute approximate surface area is 368 Å². The first-order valence-corrected chi connectivity index (χ1v) is 21.0. The van der Waals surface area contributed by atoms with E-state index < -0.39 is 90.9 Å². The molecule has 0 bridgehead atoms. The van der Waals surface area contributed by atoms with Crippen molar-refractivity contribution in [3.8, 4) is 5.75 Å². The van der Waals surface area contributed by atoms with E-state index in [1.165, 1.54) is 36.3 Å². The van der Waals surface area contributed by atoms with Crippen LogP contribution in [0.1, 0.15) is 54.1 Å². The molecule has 0 aliphatic heterocycles. The minimum atomic E-state index is -1.61. The van der Waals surface area contributed by atoms with Gasteiger partial charge in [-0.15, -0.1) is 0 Å². The fraction of sp³-hybridized carbons (Fsp3) is 0.372. The van der Waals surface area contributed by atoms with Crippen molar-refractivity contribution in [1.29, 1.82) is 0 Å². The summed E-state index contributed by atoms with van der Waals surface area (Å²) in [6.45, 7) is 4.94. The summed E-state index contributed by atoms with van der Waals surface area (Å²) >= 11 is 1.25. The molecule has 63 heavy (non-hydrogen) atoms. The number of hydrogen-bond donors (Lipinski definition) is 9. The summed E-state index contributed by atoms with van der Waals surface area (Å²) < 4.78 is 5.19. The zero-order valence-electron chi connectivity index (χ0n) is 34.8. The number of carbonyl (C=O) groups excluding carboxylic acids is 6. The van der Waals surface area contributed by atoms with Crippen molar-refractivity contribution in [2.75, 3.05) is 31.2 Å². The number of aliphatic carboxylic acids is 2. The van der Waals surface area contributed by atoms with E-state index in [1.807, 2.05) is 13.0 Å². The summed E-state index contributed by atoms with van der Waals surface area (Å²) in [5.74, 6) is -6.86. The molecule has 0 spiro atoms. The third-order valence-electron chi connectivity index (χ3n) is 9.29. The molecule has 338 valence electrons. The van der Waals surface area contributed by atoms with Gasteiger partial charge in [-0.1, -0.05) is 30.9 Å². The summed E-state index contributed by atoms with van der Waals surface area (Å²) in [6.07, 6.45) is 8.38. The van der Waals surface area contributed by atoms with Gasteiger partial charge in [-0.3, -0.25) is 38.5 Å². The molecule has 5 amide bonds. The molecule has 0 saturated heterocycles. The number of carboxylic acid groups (broad SMARTS) is 2. The van der Waals surface area contributed by atoms with E-state index in [2.05, 4.69) is 37.8 Å². The van der Waals surface area contributed by atoms with Crippen LogP contribution < -0.4 is 37.5 Å². The van der Waals surface area contributed by atoms with Crippen LogP contribution >= 0.6 is 11.8 Å². The number of nitrogens with zero attached hydrogens (tertiary/aromatic N) is 1. The summed E-state index contributed by atoms with van der Waals surface area (Å²) in [4.78, 5) is 110. The molecule has 1 aromatic carbocycles. The zero-order valence-corrected chi connectivity index (χ0v) is 35.6. The number of ketones is 1. The Morgan fingerprint density at radius 3 is 2.06 bits per heavy atom. The normalized spacial score (nSPS) is 12.9. The number of ether oxygens (including phenoxy) is 1. The van der Waals surface area contributed by atoms with Crippen molar-refractivity contribution in [2.45, 2.75) is 63.6 Å². The lowest BCUT2D eigenvalue weighted by atomic mass is 9.88. The summed E-state index contributed by atoms with van der Waals surface area (Å²) in [7, 11) is 0. The zero-order chi connectivity index (χ0) is 46.3. The second kappa shape index (κ2) is 26.5. The molecular weight excluding hydrogens is 837 g/mol. The monoisotopic (exact) mass is 890 g/mol. The molecular formula is C43H54N8O11S. The third-order valence-corrected chi connectivity index (χ3v) is 10.3. The fourth-order valence-electron chi connectivity index (χ4n) is 6.39. The lowest BCUT2D eigenvalue weighted by Gasteiger charge is -2.26. The van der Waals surface area contributed by atoms with Crippen LogP contribution in [0.4, 0.5) is 0 Å². The molecule has 4 atom stereocenters. The summed E-state index contributed by atoms with van der Waals surface area (Å²) in [5.41, 5.74) is 14.0. The van der Waals surface area contributed by atoms with Gasteiger partial charge in [-0.2, -0.15) is 11.8 Å².